The van der Waals surface area contributed by atoms with E-state index < -0.39 is 0 Å². The average molecular weight is 447 g/mol. The van der Waals surface area contributed by atoms with E-state index in [9.17, 15) is 0 Å². The second kappa shape index (κ2) is 9.08. The van der Waals surface area contributed by atoms with Gasteiger partial charge in [-0.25, -0.2) is 14.3 Å². The molecule has 0 saturated heterocycles. The van der Waals surface area contributed by atoms with E-state index >= 15 is 0 Å². The molecule has 1 atom stereocenters. The van der Waals surface area contributed by atoms with Gasteiger partial charge >= 0.3 is 0 Å². The Balaban J connectivity index is 1.29. The van der Waals surface area contributed by atoms with Gasteiger partial charge in [0.05, 0.1) is 23.3 Å². The molecule has 3 heterocycles. The monoisotopic (exact) mass is 446 g/mol. The fourth-order valence-corrected chi connectivity index (χ4v) is 4.77. The van der Waals surface area contributed by atoms with Crippen molar-refractivity contribution in [1.82, 2.24) is 29.9 Å². The minimum atomic E-state index is 0.255. The predicted octanol–water partition coefficient (Wildman–Crippen LogP) is 5.29. The van der Waals surface area contributed by atoms with Crippen LogP contribution in [0.25, 0.3) is 22.8 Å². The molecule has 5 aromatic rings. The van der Waals surface area contributed by atoms with Crippen LogP contribution in [0.3, 0.4) is 0 Å². The number of nitrogens with zero attached hydrogens (tertiary/aromatic N) is 5. The van der Waals surface area contributed by atoms with Crippen LogP contribution in [0.4, 0.5) is 0 Å². The molecule has 168 valence electrons. The fourth-order valence-electron chi connectivity index (χ4n) is 4.77. The summed E-state index contributed by atoms with van der Waals surface area (Å²) in [6, 6.07) is 26.9. The molecule has 2 aromatic carbocycles. The van der Waals surface area contributed by atoms with Crippen molar-refractivity contribution < 1.29 is 0 Å². The Hall–Kier alpha value is -4.03. The van der Waals surface area contributed by atoms with Gasteiger partial charge in [-0.15, -0.1) is 0 Å². The lowest BCUT2D eigenvalue weighted by Gasteiger charge is -2.24. The molecular weight excluding hydrogens is 420 g/mol. The summed E-state index contributed by atoms with van der Waals surface area (Å²) in [5, 5.41) is 13.4. The topological polar surface area (TPSA) is 60.6 Å². The highest BCUT2D eigenvalue weighted by Crippen LogP contribution is 2.32. The maximum Gasteiger partial charge on any atom is 0.153 e. The summed E-state index contributed by atoms with van der Waals surface area (Å²) < 4.78 is 3.97. The van der Waals surface area contributed by atoms with Crippen LogP contribution in [0, 0.1) is 0 Å². The molecule has 6 heteroatoms. The SMILES string of the molecule is c1ccc(-c2nn(-c3ccccc3)cc2CN[C@H]2CCCc3c2cnn3-c2ccccn2)cc1. The van der Waals surface area contributed by atoms with Crippen LogP contribution in [0.2, 0.25) is 0 Å². The van der Waals surface area contributed by atoms with Gasteiger partial charge in [-0.2, -0.15) is 10.2 Å². The molecule has 6 nitrogen and oxygen atoms in total. The third-order valence-electron chi connectivity index (χ3n) is 6.45. The van der Waals surface area contributed by atoms with Crippen molar-refractivity contribution in [3.05, 3.63) is 114 Å². The number of benzene rings is 2. The lowest BCUT2D eigenvalue weighted by atomic mass is 9.92. The Morgan fingerprint density at radius 1 is 0.912 bits per heavy atom. The summed E-state index contributed by atoms with van der Waals surface area (Å²) in [5.41, 5.74) is 6.90. The number of aromatic nitrogens is 5. The van der Waals surface area contributed by atoms with Crippen LogP contribution < -0.4 is 5.32 Å². The summed E-state index contributed by atoms with van der Waals surface area (Å²) in [4.78, 5) is 4.49. The second-order valence-corrected chi connectivity index (χ2v) is 8.62. The van der Waals surface area contributed by atoms with Crippen molar-refractivity contribution >= 4 is 0 Å². The minimum absolute atomic E-state index is 0.255. The molecule has 1 N–H and O–H groups in total. The van der Waals surface area contributed by atoms with Gasteiger partial charge in [0.25, 0.3) is 0 Å². The van der Waals surface area contributed by atoms with Crippen LogP contribution in [0.15, 0.2) is 97.5 Å². The molecule has 34 heavy (non-hydrogen) atoms. The van der Waals surface area contributed by atoms with Crippen LogP contribution in [0.5, 0.6) is 0 Å². The lowest BCUT2D eigenvalue weighted by molar-refractivity contribution is 0.454. The van der Waals surface area contributed by atoms with Gasteiger partial charge in [-0.1, -0.05) is 54.6 Å². The molecule has 1 aliphatic rings. The molecule has 6 rings (SSSR count). The number of hydrogen-bond donors (Lipinski definition) is 1. The van der Waals surface area contributed by atoms with Gasteiger partial charge < -0.3 is 5.32 Å². The Bertz CT molecular complexity index is 1370. The normalized spacial score (nSPS) is 15.2. The van der Waals surface area contributed by atoms with Gasteiger partial charge in [-0.3, -0.25) is 0 Å². The average Bonchev–Trinajstić information content (AvgIpc) is 3.54. The first kappa shape index (κ1) is 20.6. The molecule has 0 fully saturated rings. The molecular formula is C28H26N6. The highest BCUT2D eigenvalue weighted by atomic mass is 15.3. The van der Waals surface area contributed by atoms with Crippen molar-refractivity contribution in [2.75, 3.05) is 0 Å². The quantitative estimate of drug-likeness (QED) is 0.385. The standard InChI is InChI=1S/C28H26N6/c1-3-10-21(11-4-1)28-22(20-33(32-28)23-12-5-2-6-13-23)18-30-25-14-9-15-26-24(25)19-31-34(26)27-16-7-8-17-29-27/h1-8,10-13,16-17,19-20,25,30H,9,14-15,18H2/t25-/m0/s1. The first-order valence-electron chi connectivity index (χ1n) is 11.8. The molecule has 0 aliphatic heterocycles. The Kier molecular flexibility index (Phi) is 5.49. The van der Waals surface area contributed by atoms with E-state index in [0.29, 0.717) is 0 Å². The number of hydrogen-bond acceptors (Lipinski definition) is 4. The van der Waals surface area contributed by atoms with Crippen molar-refractivity contribution in [3.63, 3.8) is 0 Å². The third kappa shape index (κ3) is 3.93. The van der Waals surface area contributed by atoms with Gasteiger partial charge in [0.2, 0.25) is 0 Å². The molecule has 0 unspecified atom stereocenters. The van der Waals surface area contributed by atoms with E-state index in [-0.39, 0.29) is 6.04 Å². The number of pyridine rings is 1. The van der Waals surface area contributed by atoms with Crippen LogP contribution in [0.1, 0.15) is 35.7 Å². The molecule has 0 spiro atoms. The van der Waals surface area contributed by atoms with E-state index in [4.69, 9.17) is 5.10 Å². The summed E-state index contributed by atoms with van der Waals surface area (Å²) in [6.45, 7) is 0.732. The summed E-state index contributed by atoms with van der Waals surface area (Å²) >= 11 is 0. The number of fused-ring (bicyclic) bond motifs is 1. The van der Waals surface area contributed by atoms with E-state index in [1.807, 2.05) is 64.2 Å². The van der Waals surface area contributed by atoms with Gasteiger partial charge in [0.15, 0.2) is 5.82 Å². The van der Waals surface area contributed by atoms with E-state index in [1.165, 1.54) is 16.8 Å². The van der Waals surface area contributed by atoms with Gasteiger partial charge in [0.1, 0.15) is 0 Å². The van der Waals surface area contributed by atoms with Crippen molar-refractivity contribution in [2.45, 2.75) is 31.8 Å². The molecule has 1 aliphatic carbocycles. The lowest BCUT2D eigenvalue weighted by Crippen LogP contribution is -2.25. The van der Waals surface area contributed by atoms with Crippen LogP contribution >= 0.6 is 0 Å². The van der Waals surface area contributed by atoms with E-state index in [0.717, 1.165) is 48.6 Å². The highest BCUT2D eigenvalue weighted by molar-refractivity contribution is 5.63. The molecule has 0 amide bonds. The van der Waals surface area contributed by atoms with Crippen molar-refractivity contribution in [2.24, 2.45) is 0 Å². The summed E-state index contributed by atoms with van der Waals surface area (Å²) in [6.07, 6.45) is 9.20. The first-order valence-corrected chi connectivity index (χ1v) is 11.8. The smallest absolute Gasteiger partial charge is 0.153 e. The summed E-state index contributed by atoms with van der Waals surface area (Å²) in [7, 11) is 0. The van der Waals surface area contributed by atoms with Crippen LogP contribution in [-0.4, -0.2) is 24.5 Å². The molecule has 0 bridgehead atoms. The summed E-state index contributed by atoms with van der Waals surface area (Å²) in [5.74, 6) is 0.875. The zero-order valence-electron chi connectivity index (χ0n) is 18.9. The van der Waals surface area contributed by atoms with Crippen LogP contribution in [-0.2, 0) is 13.0 Å². The maximum absolute atomic E-state index is 4.95. The third-order valence-corrected chi connectivity index (χ3v) is 6.45. The second-order valence-electron chi connectivity index (χ2n) is 8.62. The first-order chi connectivity index (χ1) is 16.9. The Labute approximate surface area is 198 Å². The largest absolute Gasteiger partial charge is 0.306 e. The zero-order chi connectivity index (χ0) is 22.7. The number of para-hydroxylation sites is 1. The van der Waals surface area contributed by atoms with E-state index in [1.54, 1.807) is 0 Å². The predicted molar refractivity (Wildman–Crippen MR) is 133 cm³/mol. The van der Waals surface area contributed by atoms with Crippen molar-refractivity contribution in [1.29, 1.82) is 0 Å². The molecule has 3 aromatic heterocycles. The Morgan fingerprint density at radius 2 is 1.71 bits per heavy atom. The maximum atomic E-state index is 4.95. The van der Waals surface area contributed by atoms with E-state index in [2.05, 4.69) is 58.0 Å². The Morgan fingerprint density at radius 3 is 2.50 bits per heavy atom. The fraction of sp³-hybridized carbons (Fsp3) is 0.179. The minimum Gasteiger partial charge on any atom is -0.306 e. The molecule has 0 saturated carbocycles. The zero-order valence-corrected chi connectivity index (χ0v) is 18.9. The highest BCUT2D eigenvalue weighted by Gasteiger charge is 2.25. The van der Waals surface area contributed by atoms with Gasteiger partial charge in [0, 0.05) is 41.7 Å². The molecule has 0 radical (unpaired) electrons. The number of nitrogens with one attached hydrogen (secondary N) is 1. The van der Waals surface area contributed by atoms with Gasteiger partial charge in [-0.05, 0) is 43.5 Å². The van der Waals surface area contributed by atoms with Crippen molar-refractivity contribution in [3.8, 4) is 22.8 Å². The number of rotatable bonds is 6.